The van der Waals surface area contributed by atoms with Crippen LogP contribution in [0.15, 0.2) is 97.1 Å². The largest absolute Gasteiger partial charge is 0.489 e. The van der Waals surface area contributed by atoms with Crippen LogP contribution in [0.25, 0.3) is 11.1 Å². The van der Waals surface area contributed by atoms with E-state index in [0.29, 0.717) is 29.8 Å². The highest BCUT2D eigenvalue weighted by atomic mass is 19.4. The topological polar surface area (TPSA) is 95.9 Å². The van der Waals surface area contributed by atoms with Gasteiger partial charge in [0.25, 0.3) is 0 Å². The number of fused-ring (bicyclic) bond motifs is 1. The van der Waals surface area contributed by atoms with Crippen LogP contribution in [0.3, 0.4) is 0 Å². The van der Waals surface area contributed by atoms with Crippen LogP contribution in [0.1, 0.15) is 66.0 Å². The van der Waals surface area contributed by atoms with Crippen molar-refractivity contribution in [2.75, 3.05) is 6.54 Å². The maximum absolute atomic E-state index is 14.2. The molecule has 6 rings (SSSR count). The molecule has 2 N–H and O–H groups in total. The maximum Gasteiger partial charge on any atom is 0.416 e. The maximum atomic E-state index is 14.2. The van der Waals surface area contributed by atoms with Gasteiger partial charge in [0.2, 0.25) is 11.8 Å². The van der Waals surface area contributed by atoms with E-state index >= 15 is 0 Å². The van der Waals surface area contributed by atoms with Crippen LogP contribution in [0.2, 0.25) is 0 Å². The molecule has 50 heavy (non-hydrogen) atoms. The first-order valence-electron chi connectivity index (χ1n) is 17.0. The lowest BCUT2D eigenvalue weighted by Gasteiger charge is -2.39. The van der Waals surface area contributed by atoms with Crippen LogP contribution in [0.5, 0.6) is 5.75 Å². The van der Waals surface area contributed by atoms with E-state index in [1.807, 2.05) is 60.7 Å². The smallest absolute Gasteiger partial charge is 0.416 e. The van der Waals surface area contributed by atoms with Crippen molar-refractivity contribution in [3.05, 3.63) is 125 Å². The SMILES string of the molecule is O=C(N[C@@H](Cc1ccc(-c2ccccc2)cc1)C(=O)O)C1c2cc(OCc3ccc(C(F)(F)F)cc3)ccc2CCN1C(=O)C1CCCCC1. The number of carbonyl (C=O) groups excluding carboxylic acids is 2. The Morgan fingerprint density at radius 2 is 1.50 bits per heavy atom. The van der Waals surface area contributed by atoms with Gasteiger partial charge in [-0.1, -0.05) is 92.1 Å². The molecule has 0 radical (unpaired) electrons. The van der Waals surface area contributed by atoms with Crippen LogP contribution in [0.4, 0.5) is 13.2 Å². The van der Waals surface area contributed by atoms with E-state index in [1.54, 1.807) is 17.0 Å². The monoisotopic (exact) mass is 684 g/mol. The van der Waals surface area contributed by atoms with Gasteiger partial charge in [0.05, 0.1) is 5.56 Å². The molecule has 4 aromatic carbocycles. The molecule has 260 valence electrons. The Kier molecular flexibility index (Phi) is 10.6. The second-order valence-corrected chi connectivity index (χ2v) is 13.0. The fraction of sp³-hybridized carbons (Fsp3) is 0.325. The summed E-state index contributed by atoms with van der Waals surface area (Å²) in [6.45, 7) is 0.299. The highest BCUT2D eigenvalue weighted by Crippen LogP contribution is 2.37. The molecule has 0 bridgehead atoms. The standard InChI is InChI=1S/C40H39F3N2O5/c41-40(42,43)32-18-13-27(14-19-32)25-50-33-20-17-30-21-22-45(38(47)31-9-5-2-6-10-31)36(34(30)24-33)37(46)44-35(39(48)49)23-26-11-15-29(16-12-26)28-7-3-1-4-8-28/h1,3-4,7-8,11-20,24,31,35-36H,2,5-6,9-10,21-23,25H2,(H,44,46)(H,48,49)/t35-,36?/m0/s1. The van der Waals surface area contributed by atoms with Crippen molar-refractivity contribution in [3.63, 3.8) is 0 Å². The van der Waals surface area contributed by atoms with E-state index in [-0.39, 0.29) is 24.9 Å². The van der Waals surface area contributed by atoms with Gasteiger partial charge in [-0.15, -0.1) is 0 Å². The molecule has 0 aromatic heterocycles. The van der Waals surface area contributed by atoms with E-state index < -0.39 is 35.7 Å². The highest BCUT2D eigenvalue weighted by Gasteiger charge is 2.40. The Morgan fingerprint density at radius 1 is 0.840 bits per heavy atom. The predicted molar refractivity (Wildman–Crippen MR) is 182 cm³/mol. The lowest BCUT2D eigenvalue weighted by Crippen LogP contribution is -2.52. The Bertz CT molecular complexity index is 1800. The molecule has 7 nitrogen and oxygen atoms in total. The molecule has 1 aliphatic carbocycles. The third kappa shape index (κ3) is 8.18. The lowest BCUT2D eigenvalue weighted by atomic mass is 9.85. The predicted octanol–water partition coefficient (Wildman–Crippen LogP) is 7.77. The van der Waals surface area contributed by atoms with Gasteiger partial charge < -0.3 is 20.1 Å². The van der Waals surface area contributed by atoms with Gasteiger partial charge >= 0.3 is 12.1 Å². The van der Waals surface area contributed by atoms with Crippen molar-refractivity contribution in [1.29, 1.82) is 0 Å². The van der Waals surface area contributed by atoms with Gasteiger partial charge in [-0.05, 0) is 76.9 Å². The average Bonchev–Trinajstić information content (AvgIpc) is 3.13. The van der Waals surface area contributed by atoms with Crippen LogP contribution >= 0.6 is 0 Å². The molecule has 1 fully saturated rings. The van der Waals surface area contributed by atoms with Crippen molar-refractivity contribution < 1.29 is 37.4 Å². The number of amides is 2. The van der Waals surface area contributed by atoms with Gasteiger partial charge in [-0.2, -0.15) is 13.2 Å². The zero-order valence-electron chi connectivity index (χ0n) is 27.5. The quantitative estimate of drug-likeness (QED) is 0.178. The summed E-state index contributed by atoms with van der Waals surface area (Å²) in [7, 11) is 0. The summed E-state index contributed by atoms with van der Waals surface area (Å²) in [6, 6.07) is 24.9. The Labute approximate surface area is 289 Å². The summed E-state index contributed by atoms with van der Waals surface area (Å²) in [5.74, 6) is -1.74. The zero-order valence-corrected chi connectivity index (χ0v) is 27.5. The van der Waals surface area contributed by atoms with Crippen LogP contribution < -0.4 is 10.1 Å². The number of benzene rings is 4. The second-order valence-electron chi connectivity index (χ2n) is 13.0. The highest BCUT2D eigenvalue weighted by molar-refractivity contribution is 5.92. The molecule has 1 aliphatic heterocycles. The molecule has 2 aliphatic rings. The summed E-state index contributed by atoms with van der Waals surface area (Å²) in [5, 5.41) is 12.9. The summed E-state index contributed by atoms with van der Waals surface area (Å²) in [6.07, 6.45) is 0.514. The van der Waals surface area contributed by atoms with Gasteiger partial charge in [0.15, 0.2) is 0 Å². The summed E-state index contributed by atoms with van der Waals surface area (Å²) >= 11 is 0. The number of rotatable bonds is 10. The number of nitrogens with zero attached hydrogens (tertiary/aromatic N) is 1. The number of alkyl halides is 3. The number of carbonyl (C=O) groups is 3. The first kappa shape index (κ1) is 34.7. The normalized spacial score (nSPS) is 17.0. The van der Waals surface area contributed by atoms with E-state index in [4.69, 9.17) is 4.74 Å². The van der Waals surface area contributed by atoms with Crippen LogP contribution in [-0.2, 0) is 40.0 Å². The van der Waals surface area contributed by atoms with Crippen molar-refractivity contribution in [2.45, 2.75) is 69.8 Å². The number of carboxylic acids is 1. The molecule has 0 spiro atoms. The lowest BCUT2D eigenvalue weighted by molar-refractivity contribution is -0.147. The molecule has 2 atom stereocenters. The van der Waals surface area contributed by atoms with Gasteiger partial charge in [-0.25, -0.2) is 4.79 Å². The zero-order chi connectivity index (χ0) is 35.3. The number of hydrogen-bond donors (Lipinski definition) is 2. The molecular formula is C40H39F3N2O5. The van der Waals surface area contributed by atoms with E-state index in [1.165, 1.54) is 12.1 Å². The minimum Gasteiger partial charge on any atom is -0.489 e. The number of ether oxygens (including phenoxy) is 1. The van der Waals surface area contributed by atoms with E-state index in [2.05, 4.69) is 5.32 Å². The van der Waals surface area contributed by atoms with Crippen molar-refractivity contribution >= 4 is 17.8 Å². The van der Waals surface area contributed by atoms with Crippen molar-refractivity contribution in [1.82, 2.24) is 10.2 Å². The third-order valence-corrected chi connectivity index (χ3v) is 9.63. The summed E-state index contributed by atoms with van der Waals surface area (Å²) in [4.78, 5) is 42.2. The number of nitrogens with one attached hydrogen (secondary N) is 1. The first-order chi connectivity index (χ1) is 24.1. The Hall–Kier alpha value is -5.12. The second kappa shape index (κ2) is 15.2. The Balaban J connectivity index is 1.24. The number of carboxylic acid groups (broad SMARTS) is 1. The number of hydrogen-bond acceptors (Lipinski definition) is 4. The summed E-state index contributed by atoms with van der Waals surface area (Å²) < 4.78 is 45.0. The fourth-order valence-corrected chi connectivity index (χ4v) is 6.89. The fourth-order valence-electron chi connectivity index (χ4n) is 6.89. The average molecular weight is 685 g/mol. The molecule has 4 aromatic rings. The van der Waals surface area contributed by atoms with Gasteiger partial charge in [0.1, 0.15) is 24.4 Å². The minimum absolute atomic E-state index is 0.0113. The number of aliphatic carboxylic acids is 1. The van der Waals surface area contributed by atoms with Crippen molar-refractivity contribution in [2.24, 2.45) is 5.92 Å². The van der Waals surface area contributed by atoms with Gasteiger partial charge in [0, 0.05) is 18.9 Å². The summed E-state index contributed by atoms with van der Waals surface area (Å²) in [5.41, 5.74) is 3.90. The molecule has 10 heteroatoms. The molecule has 1 saturated carbocycles. The van der Waals surface area contributed by atoms with Gasteiger partial charge in [-0.3, -0.25) is 9.59 Å². The van der Waals surface area contributed by atoms with Crippen LogP contribution in [-0.4, -0.2) is 40.4 Å². The minimum atomic E-state index is -4.44. The third-order valence-electron chi connectivity index (χ3n) is 9.63. The Morgan fingerprint density at radius 3 is 2.16 bits per heavy atom. The molecule has 1 heterocycles. The first-order valence-corrected chi connectivity index (χ1v) is 17.0. The molecular weight excluding hydrogens is 645 g/mol. The van der Waals surface area contributed by atoms with Crippen molar-refractivity contribution in [3.8, 4) is 16.9 Å². The van der Waals surface area contributed by atoms with Crippen LogP contribution in [0, 0.1) is 5.92 Å². The van der Waals surface area contributed by atoms with E-state index in [9.17, 15) is 32.7 Å². The molecule has 2 amide bonds. The number of halogens is 3. The molecule has 1 unspecified atom stereocenters. The molecule has 0 saturated heterocycles. The van der Waals surface area contributed by atoms with E-state index in [0.717, 1.165) is 66.5 Å².